The lowest BCUT2D eigenvalue weighted by Gasteiger charge is -1.82. The van der Waals surface area contributed by atoms with E-state index in [0.29, 0.717) is 4.47 Å². The molecule has 0 radical (unpaired) electrons. The van der Waals surface area contributed by atoms with Gasteiger partial charge in [0.15, 0.2) is 0 Å². The lowest BCUT2D eigenvalue weighted by atomic mass is 10.4. The van der Waals surface area contributed by atoms with Crippen molar-refractivity contribution in [1.82, 2.24) is 0 Å². The van der Waals surface area contributed by atoms with Crippen LogP contribution in [0.15, 0.2) is 16.6 Å². The summed E-state index contributed by atoms with van der Waals surface area (Å²) in [5, 5.41) is 11.4. The van der Waals surface area contributed by atoms with Crippen LogP contribution in [-0.2, 0) is 0 Å². The first kappa shape index (κ1) is 10.9. The second kappa shape index (κ2) is 4.88. The Morgan fingerprint density at radius 2 is 2.38 bits per heavy atom. The smallest absolute Gasteiger partial charge is 0.258 e. The average molecular weight is 327 g/mol. The number of rotatable bonds is 3. The van der Waals surface area contributed by atoms with Gasteiger partial charge in [0.1, 0.15) is 4.47 Å². The molecule has 0 amide bonds. The number of hydrogen-bond acceptors (Lipinski definition) is 3. The first-order chi connectivity index (χ1) is 6.15. The van der Waals surface area contributed by atoms with E-state index in [4.69, 9.17) is 0 Å². The van der Waals surface area contributed by atoms with Crippen LogP contribution in [0.5, 0.6) is 0 Å². The van der Waals surface area contributed by atoms with Crippen molar-refractivity contribution in [3.8, 4) is 0 Å². The zero-order valence-corrected chi connectivity index (χ0v) is 10.4. The van der Waals surface area contributed by atoms with Gasteiger partial charge in [0.2, 0.25) is 0 Å². The molecule has 0 bridgehead atoms. The second-order valence-electron chi connectivity index (χ2n) is 2.12. The van der Waals surface area contributed by atoms with Crippen LogP contribution in [0.3, 0.4) is 0 Å². The number of alkyl halides is 1. The van der Waals surface area contributed by atoms with Crippen molar-refractivity contribution >= 4 is 54.3 Å². The van der Waals surface area contributed by atoms with Gasteiger partial charge in [-0.15, -0.1) is 0 Å². The molecule has 0 saturated heterocycles. The maximum Gasteiger partial charge on any atom is 0.338 e. The summed E-state index contributed by atoms with van der Waals surface area (Å²) in [5.41, 5.74) is 0. The molecule has 0 aliphatic rings. The Kier molecular flexibility index (Phi) is 4.08. The third kappa shape index (κ3) is 2.89. The van der Waals surface area contributed by atoms with Gasteiger partial charge in [-0.25, -0.2) is 0 Å². The van der Waals surface area contributed by atoms with E-state index in [1.807, 2.05) is 12.2 Å². The van der Waals surface area contributed by atoms with Crippen LogP contribution in [-0.4, -0.2) is 10.3 Å². The predicted molar refractivity (Wildman–Crippen MR) is 61.5 cm³/mol. The monoisotopic (exact) mass is 325 g/mol. The standard InChI is InChI=1S/C7H5Br2NO2S/c8-3-1-2-5-4-6(9)7(13-5)10(11)12/h1-2,4H,3H2/b2-1+. The SMILES string of the molecule is O=[N+]([O-])c1sc(/C=C/CBr)cc1Br. The Morgan fingerprint density at radius 1 is 1.69 bits per heavy atom. The molecule has 0 atom stereocenters. The summed E-state index contributed by atoms with van der Waals surface area (Å²) < 4.78 is 0.539. The van der Waals surface area contributed by atoms with Gasteiger partial charge in [0.05, 0.1) is 4.92 Å². The summed E-state index contributed by atoms with van der Waals surface area (Å²) in [5.74, 6) is 0. The first-order valence-electron chi connectivity index (χ1n) is 3.31. The average Bonchev–Trinajstić information content (AvgIpc) is 2.43. The Hall–Kier alpha value is -0.200. The van der Waals surface area contributed by atoms with Gasteiger partial charge in [-0.05, 0) is 28.1 Å². The van der Waals surface area contributed by atoms with Crippen LogP contribution >= 0.6 is 43.2 Å². The van der Waals surface area contributed by atoms with Crippen molar-refractivity contribution in [2.75, 3.05) is 5.33 Å². The summed E-state index contributed by atoms with van der Waals surface area (Å²) in [4.78, 5) is 10.9. The Bertz CT molecular complexity index is 348. The van der Waals surface area contributed by atoms with Gasteiger partial charge in [0.25, 0.3) is 0 Å². The van der Waals surface area contributed by atoms with Gasteiger partial charge in [-0.1, -0.05) is 33.3 Å². The Labute approximate surface area is 95.9 Å². The molecule has 1 heterocycles. The highest BCUT2D eigenvalue weighted by Crippen LogP contribution is 2.34. The Morgan fingerprint density at radius 3 is 2.85 bits per heavy atom. The normalized spacial score (nSPS) is 10.9. The highest BCUT2D eigenvalue weighted by atomic mass is 79.9. The summed E-state index contributed by atoms with van der Waals surface area (Å²) in [6.45, 7) is 0. The maximum absolute atomic E-state index is 10.5. The first-order valence-corrected chi connectivity index (χ1v) is 6.04. The van der Waals surface area contributed by atoms with Crippen molar-refractivity contribution in [3.05, 3.63) is 31.6 Å². The molecule has 0 saturated carbocycles. The minimum absolute atomic E-state index is 0.147. The van der Waals surface area contributed by atoms with Gasteiger partial charge in [-0.3, -0.25) is 10.1 Å². The van der Waals surface area contributed by atoms with Crippen molar-refractivity contribution in [3.63, 3.8) is 0 Å². The van der Waals surface area contributed by atoms with E-state index in [1.165, 1.54) is 0 Å². The van der Waals surface area contributed by atoms with Crippen LogP contribution in [0, 0.1) is 10.1 Å². The topological polar surface area (TPSA) is 43.1 Å². The molecule has 0 aliphatic carbocycles. The van der Waals surface area contributed by atoms with Crippen molar-refractivity contribution in [2.45, 2.75) is 0 Å². The summed E-state index contributed by atoms with van der Waals surface area (Å²) in [7, 11) is 0. The summed E-state index contributed by atoms with van der Waals surface area (Å²) in [6.07, 6.45) is 3.74. The molecule has 0 aromatic carbocycles. The van der Waals surface area contributed by atoms with E-state index in [-0.39, 0.29) is 9.92 Å². The molecule has 1 aromatic rings. The Balaban J connectivity index is 2.95. The molecule has 70 valence electrons. The third-order valence-electron chi connectivity index (χ3n) is 1.22. The van der Waals surface area contributed by atoms with Gasteiger partial charge in [0, 0.05) is 10.2 Å². The van der Waals surface area contributed by atoms with Gasteiger partial charge in [-0.2, -0.15) is 0 Å². The van der Waals surface area contributed by atoms with Gasteiger partial charge < -0.3 is 0 Å². The lowest BCUT2D eigenvalue weighted by Crippen LogP contribution is -1.82. The predicted octanol–water partition coefficient (Wildman–Crippen LogP) is 3.83. The zero-order valence-electron chi connectivity index (χ0n) is 6.37. The number of halogens is 2. The van der Waals surface area contributed by atoms with Crippen LogP contribution in [0.25, 0.3) is 6.08 Å². The number of nitro groups is 1. The molecule has 6 heteroatoms. The van der Waals surface area contributed by atoms with E-state index in [2.05, 4.69) is 31.9 Å². The summed E-state index contributed by atoms with van der Waals surface area (Å²) in [6, 6.07) is 1.74. The van der Waals surface area contributed by atoms with Crippen LogP contribution in [0.1, 0.15) is 4.88 Å². The second-order valence-corrected chi connectivity index (χ2v) is 4.68. The van der Waals surface area contributed by atoms with Crippen molar-refractivity contribution < 1.29 is 4.92 Å². The quantitative estimate of drug-likeness (QED) is 0.481. The maximum atomic E-state index is 10.5. The van der Waals surface area contributed by atoms with E-state index in [0.717, 1.165) is 21.5 Å². The zero-order chi connectivity index (χ0) is 9.84. The molecule has 0 spiro atoms. The molecule has 0 aliphatic heterocycles. The van der Waals surface area contributed by atoms with E-state index < -0.39 is 0 Å². The molecule has 3 nitrogen and oxygen atoms in total. The van der Waals surface area contributed by atoms with E-state index in [9.17, 15) is 10.1 Å². The molecule has 1 rings (SSSR count). The highest BCUT2D eigenvalue weighted by Gasteiger charge is 2.15. The molecule has 1 aromatic heterocycles. The lowest BCUT2D eigenvalue weighted by molar-refractivity contribution is -0.380. The van der Waals surface area contributed by atoms with Crippen LogP contribution in [0.2, 0.25) is 0 Å². The highest BCUT2D eigenvalue weighted by molar-refractivity contribution is 9.10. The number of hydrogen-bond donors (Lipinski definition) is 0. The summed E-state index contributed by atoms with van der Waals surface area (Å²) >= 11 is 7.52. The van der Waals surface area contributed by atoms with E-state index >= 15 is 0 Å². The fraction of sp³-hybridized carbons (Fsp3) is 0.143. The molecule has 0 N–H and O–H groups in total. The van der Waals surface area contributed by atoms with Crippen molar-refractivity contribution in [1.29, 1.82) is 0 Å². The van der Waals surface area contributed by atoms with Crippen molar-refractivity contribution in [2.24, 2.45) is 0 Å². The third-order valence-corrected chi connectivity index (χ3v) is 3.52. The fourth-order valence-corrected chi connectivity index (χ4v) is 2.51. The van der Waals surface area contributed by atoms with Crippen LogP contribution < -0.4 is 0 Å². The molecule has 13 heavy (non-hydrogen) atoms. The molecular formula is C7H5Br2NO2S. The molecule has 0 unspecified atom stereocenters. The fourth-order valence-electron chi connectivity index (χ4n) is 0.744. The number of thiophene rings is 1. The van der Waals surface area contributed by atoms with Gasteiger partial charge >= 0.3 is 5.00 Å². The minimum Gasteiger partial charge on any atom is -0.258 e. The number of allylic oxidation sites excluding steroid dienone is 1. The minimum atomic E-state index is -0.389. The van der Waals surface area contributed by atoms with E-state index in [1.54, 1.807) is 6.07 Å². The molecule has 0 fully saturated rings. The number of nitrogens with zero attached hydrogens (tertiary/aromatic N) is 1. The molecular weight excluding hydrogens is 322 g/mol. The largest absolute Gasteiger partial charge is 0.338 e. The van der Waals surface area contributed by atoms with Crippen LogP contribution in [0.4, 0.5) is 5.00 Å².